The van der Waals surface area contributed by atoms with Gasteiger partial charge in [0.1, 0.15) is 5.69 Å². The first kappa shape index (κ1) is 23.5. The number of hydrogen-bond donors (Lipinski definition) is 2. The Hall–Kier alpha value is -3.20. The van der Waals surface area contributed by atoms with Gasteiger partial charge in [-0.05, 0) is 44.5 Å². The van der Waals surface area contributed by atoms with Crippen LogP contribution in [0.4, 0.5) is 11.5 Å². The quantitative estimate of drug-likeness (QED) is 0.576. The molecule has 0 aromatic carbocycles. The SMILES string of the molecule is COCCCNC(=O)c1ccc(C(=O)N2CCN(c3ncccc3NC(C)C)CC2)nc1. The Morgan fingerprint density at radius 2 is 1.91 bits per heavy atom. The lowest BCUT2D eigenvalue weighted by Gasteiger charge is -2.36. The third-order valence-corrected chi connectivity index (χ3v) is 5.15. The predicted molar refractivity (Wildman–Crippen MR) is 124 cm³/mol. The number of anilines is 2. The van der Waals surface area contributed by atoms with Crippen LogP contribution in [0.15, 0.2) is 36.7 Å². The van der Waals surface area contributed by atoms with Crippen LogP contribution in [0.3, 0.4) is 0 Å². The maximum Gasteiger partial charge on any atom is 0.272 e. The van der Waals surface area contributed by atoms with Gasteiger partial charge in [-0.3, -0.25) is 14.6 Å². The molecule has 1 aliphatic heterocycles. The van der Waals surface area contributed by atoms with Crippen molar-refractivity contribution < 1.29 is 14.3 Å². The van der Waals surface area contributed by atoms with Crippen LogP contribution in [0.1, 0.15) is 41.1 Å². The number of methoxy groups -OCH3 is 1. The monoisotopic (exact) mass is 440 g/mol. The van der Waals surface area contributed by atoms with Crippen molar-refractivity contribution in [2.24, 2.45) is 0 Å². The van der Waals surface area contributed by atoms with Gasteiger partial charge in [-0.2, -0.15) is 0 Å². The number of carbonyl (C=O) groups excluding carboxylic acids is 2. The van der Waals surface area contributed by atoms with Crippen molar-refractivity contribution in [1.29, 1.82) is 0 Å². The maximum absolute atomic E-state index is 12.9. The number of pyridine rings is 2. The molecule has 0 bridgehead atoms. The van der Waals surface area contributed by atoms with Crippen molar-refractivity contribution in [3.8, 4) is 0 Å². The Morgan fingerprint density at radius 3 is 2.56 bits per heavy atom. The van der Waals surface area contributed by atoms with Crippen molar-refractivity contribution >= 4 is 23.3 Å². The average Bonchev–Trinajstić information content (AvgIpc) is 2.81. The Balaban J connectivity index is 1.55. The lowest BCUT2D eigenvalue weighted by Crippen LogP contribution is -2.49. The van der Waals surface area contributed by atoms with Crippen molar-refractivity contribution in [2.45, 2.75) is 26.3 Å². The number of ether oxygens (including phenoxy) is 1. The normalized spacial score (nSPS) is 13.9. The summed E-state index contributed by atoms with van der Waals surface area (Å²) < 4.78 is 4.97. The van der Waals surface area contributed by atoms with E-state index in [0.29, 0.717) is 56.6 Å². The van der Waals surface area contributed by atoms with Gasteiger partial charge in [0.2, 0.25) is 0 Å². The molecule has 9 nitrogen and oxygen atoms in total. The zero-order chi connectivity index (χ0) is 22.9. The van der Waals surface area contributed by atoms with Gasteiger partial charge in [0.15, 0.2) is 5.82 Å². The van der Waals surface area contributed by atoms with Crippen LogP contribution in [0.25, 0.3) is 0 Å². The van der Waals surface area contributed by atoms with Gasteiger partial charge in [-0.1, -0.05) is 0 Å². The smallest absolute Gasteiger partial charge is 0.272 e. The molecule has 1 fully saturated rings. The number of aromatic nitrogens is 2. The first-order chi connectivity index (χ1) is 15.5. The summed E-state index contributed by atoms with van der Waals surface area (Å²) in [6, 6.07) is 7.51. The molecule has 0 spiro atoms. The molecule has 1 saturated heterocycles. The lowest BCUT2D eigenvalue weighted by atomic mass is 10.2. The van der Waals surface area contributed by atoms with Gasteiger partial charge in [0.05, 0.1) is 11.3 Å². The minimum Gasteiger partial charge on any atom is -0.385 e. The molecule has 0 aliphatic carbocycles. The summed E-state index contributed by atoms with van der Waals surface area (Å²) in [5.41, 5.74) is 1.78. The summed E-state index contributed by atoms with van der Waals surface area (Å²) in [5.74, 6) is 0.577. The molecule has 2 aromatic rings. The van der Waals surface area contributed by atoms with Crippen LogP contribution < -0.4 is 15.5 Å². The summed E-state index contributed by atoms with van der Waals surface area (Å²) in [6.07, 6.45) is 3.98. The van der Waals surface area contributed by atoms with Gasteiger partial charge in [0.25, 0.3) is 11.8 Å². The van der Waals surface area contributed by atoms with E-state index in [1.807, 2.05) is 12.1 Å². The van der Waals surface area contributed by atoms with E-state index in [1.54, 1.807) is 30.3 Å². The molecule has 172 valence electrons. The fourth-order valence-corrected chi connectivity index (χ4v) is 3.53. The molecule has 2 aromatic heterocycles. The number of amides is 2. The largest absolute Gasteiger partial charge is 0.385 e. The summed E-state index contributed by atoms with van der Waals surface area (Å²) in [5, 5.41) is 6.24. The van der Waals surface area contributed by atoms with E-state index in [0.717, 1.165) is 17.9 Å². The molecule has 2 N–H and O–H groups in total. The summed E-state index contributed by atoms with van der Waals surface area (Å²) >= 11 is 0. The molecule has 0 saturated carbocycles. The number of hydrogen-bond acceptors (Lipinski definition) is 7. The van der Waals surface area contributed by atoms with E-state index in [4.69, 9.17) is 4.74 Å². The van der Waals surface area contributed by atoms with Gasteiger partial charge >= 0.3 is 0 Å². The average molecular weight is 441 g/mol. The second-order valence-corrected chi connectivity index (χ2v) is 7.99. The molecule has 0 atom stereocenters. The molecular formula is C23H32N6O3. The number of nitrogens with zero attached hydrogens (tertiary/aromatic N) is 4. The standard InChI is InChI=1S/C23H32N6O3/c1-17(2)27-19-6-4-9-24-21(19)28-11-13-29(14-12-28)23(31)20-8-7-18(16-26-20)22(30)25-10-5-15-32-3/h4,6-9,16-17,27H,5,10-15H2,1-3H3,(H,25,30). The van der Waals surface area contributed by atoms with E-state index in [9.17, 15) is 9.59 Å². The minimum atomic E-state index is -0.206. The summed E-state index contributed by atoms with van der Waals surface area (Å²) in [6.45, 7) is 7.86. The highest BCUT2D eigenvalue weighted by Crippen LogP contribution is 2.24. The number of piperazine rings is 1. The fourth-order valence-electron chi connectivity index (χ4n) is 3.53. The number of carbonyl (C=O) groups is 2. The van der Waals surface area contributed by atoms with Gasteiger partial charge in [-0.15, -0.1) is 0 Å². The Bertz CT molecular complexity index is 895. The molecule has 3 heterocycles. The molecule has 32 heavy (non-hydrogen) atoms. The van der Waals surface area contributed by atoms with Crippen LogP contribution in [-0.2, 0) is 4.74 Å². The van der Waals surface area contributed by atoms with Crippen molar-refractivity contribution in [2.75, 3.05) is 56.7 Å². The van der Waals surface area contributed by atoms with E-state index >= 15 is 0 Å². The molecule has 1 aliphatic rings. The number of nitrogens with one attached hydrogen (secondary N) is 2. The first-order valence-corrected chi connectivity index (χ1v) is 11.0. The zero-order valence-corrected chi connectivity index (χ0v) is 19.0. The lowest BCUT2D eigenvalue weighted by molar-refractivity contribution is 0.0740. The Kier molecular flexibility index (Phi) is 8.38. The van der Waals surface area contributed by atoms with Crippen LogP contribution >= 0.6 is 0 Å². The minimum absolute atomic E-state index is 0.127. The van der Waals surface area contributed by atoms with Crippen molar-refractivity contribution in [3.63, 3.8) is 0 Å². The zero-order valence-electron chi connectivity index (χ0n) is 19.0. The fraction of sp³-hybridized carbons (Fsp3) is 0.478. The highest BCUT2D eigenvalue weighted by Gasteiger charge is 2.25. The van der Waals surface area contributed by atoms with Crippen molar-refractivity contribution in [3.05, 3.63) is 47.9 Å². The van der Waals surface area contributed by atoms with Crippen LogP contribution in [0.2, 0.25) is 0 Å². The molecule has 0 unspecified atom stereocenters. The number of rotatable bonds is 9. The van der Waals surface area contributed by atoms with E-state index < -0.39 is 0 Å². The van der Waals surface area contributed by atoms with E-state index in [2.05, 4.69) is 39.3 Å². The molecular weight excluding hydrogens is 408 g/mol. The molecule has 0 radical (unpaired) electrons. The van der Waals surface area contributed by atoms with Gasteiger partial charge in [-0.25, -0.2) is 4.98 Å². The molecule has 9 heteroatoms. The summed E-state index contributed by atoms with van der Waals surface area (Å²) in [4.78, 5) is 37.8. The third-order valence-electron chi connectivity index (χ3n) is 5.15. The predicted octanol–water partition coefficient (Wildman–Crippen LogP) is 2.03. The van der Waals surface area contributed by atoms with Gasteiger partial charge < -0.3 is 25.2 Å². The van der Waals surface area contributed by atoms with E-state index in [-0.39, 0.29) is 11.8 Å². The topological polar surface area (TPSA) is 99.7 Å². The molecule has 2 amide bonds. The highest BCUT2D eigenvalue weighted by molar-refractivity contribution is 5.96. The Morgan fingerprint density at radius 1 is 1.12 bits per heavy atom. The van der Waals surface area contributed by atoms with Gasteiger partial charge in [0, 0.05) is 64.9 Å². The maximum atomic E-state index is 12.9. The molecule has 3 rings (SSSR count). The van der Waals surface area contributed by atoms with Crippen LogP contribution in [-0.4, -0.2) is 79.2 Å². The second kappa shape index (κ2) is 11.4. The summed E-state index contributed by atoms with van der Waals surface area (Å²) in [7, 11) is 1.63. The van der Waals surface area contributed by atoms with Crippen molar-refractivity contribution in [1.82, 2.24) is 20.2 Å². The Labute approximate surface area is 189 Å². The van der Waals surface area contributed by atoms with Crippen LogP contribution in [0.5, 0.6) is 0 Å². The van der Waals surface area contributed by atoms with E-state index in [1.165, 1.54) is 6.20 Å². The van der Waals surface area contributed by atoms with Crippen LogP contribution in [0, 0.1) is 0 Å². The highest BCUT2D eigenvalue weighted by atomic mass is 16.5. The second-order valence-electron chi connectivity index (χ2n) is 7.99. The third kappa shape index (κ3) is 6.16. The first-order valence-electron chi connectivity index (χ1n) is 11.0.